The highest BCUT2D eigenvalue weighted by atomic mass is 16.4. The van der Waals surface area contributed by atoms with E-state index in [-0.39, 0.29) is 23.9 Å². The van der Waals surface area contributed by atoms with E-state index in [1.54, 1.807) is 23.2 Å². The zero-order valence-electron chi connectivity index (χ0n) is 13.0. The number of nitrogens with one attached hydrogen (secondary N) is 1. The van der Waals surface area contributed by atoms with Crippen LogP contribution in [0.5, 0.6) is 0 Å². The lowest BCUT2D eigenvalue weighted by Crippen LogP contribution is -2.41. The third-order valence-electron chi connectivity index (χ3n) is 4.21. The van der Waals surface area contributed by atoms with Crippen LogP contribution in [-0.2, 0) is 11.3 Å². The number of nitrogens with zero attached hydrogens (tertiary/aromatic N) is 3. The van der Waals surface area contributed by atoms with Gasteiger partial charge in [-0.3, -0.25) is 19.1 Å². The molecule has 0 radical (unpaired) electrons. The van der Waals surface area contributed by atoms with Gasteiger partial charge in [0.15, 0.2) is 0 Å². The monoisotopic (exact) mass is 330 g/mol. The number of piperidine rings is 1. The maximum Gasteiger partial charge on any atom is 0.325 e. The molecule has 1 aliphatic heterocycles. The van der Waals surface area contributed by atoms with Crippen LogP contribution in [0, 0.1) is 0 Å². The second-order valence-corrected chi connectivity index (χ2v) is 5.81. The van der Waals surface area contributed by atoms with Crippen LogP contribution in [0.4, 0.5) is 0 Å². The molecule has 8 nitrogen and oxygen atoms in total. The first-order valence-electron chi connectivity index (χ1n) is 7.76. The molecule has 3 heterocycles. The van der Waals surface area contributed by atoms with Crippen LogP contribution in [0.2, 0.25) is 0 Å². The molecular weight excluding hydrogens is 312 g/mol. The maximum atomic E-state index is 12.6. The quantitative estimate of drug-likeness (QED) is 0.857. The summed E-state index contributed by atoms with van der Waals surface area (Å²) in [6.45, 7) is 0.820. The number of carbonyl (C=O) groups excluding carboxylic acids is 1. The minimum absolute atomic E-state index is 0.00680. The number of carboxylic acid groups (broad SMARTS) is 1. The van der Waals surface area contributed by atoms with Crippen molar-refractivity contribution >= 4 is 11.9 Å². The SMILES string of the molecule is O=C(O)Cn1nccc1[C@H]1CCCN(C(=O)c2ccc[nH]c2=O)C1. The summed E-state index contributed by atoms with van der Waals surface area (Å²) in [6, 6.07) is 4.92. The molecule has 1 aliphatic rings. The Balaban J connectivity index is 1.79. The second-order valence-electron chi connectivity index (χ2n) is 5.81. The number of rotatable bonds is 4. The highest BCUT2D eigenvalue weighted by Crippen LogP contribution is 2.27. The zero-order chi connectivity index (χ0) is 17.1. The third kappa shape index (κ3) is 3.22. The Labute approximate surface area is 137 Å². The molecule has 1 amide bonds. The molecule has 2 aromatic rings. The van der Waals surface area contributed by atoms with Gasteiger partial charge in [-0.1, -0.05) is 0 Å². The van der Waals surface area contributed by atoms with Crippen molar-refractivity contribution in [3.63, 3.8) is 0 Å². The molecule has 24 heavy (non-hydrogen) atoms. The molecule has 0 aliphatic carbocycles. The van der Waals surface area contributed by atoms with Crippen LogP contribution in [-0.4, -0.2) is 49.7 Å². The number of carboxylic acids is 1. The Hall–Kier alpha value is -2.90. The van der Waals surface area contributed by atoms with Crippen LogP contribution < -0.4 is 5.56 Å². The first kappa shape index (κ1) is 16.0. The Morgan fingerprint density at radius 1 is 1.38 bits per heavy atom. The zero-order valence-corrected chi connectivity index (χ0v) is 13.0. The summed E-state index contributed by atoms with van der Waals surface area (Å²) < 4.78 is 1.45. The normalized spacial score (nSPS) is 17.7. The number of aromatic amines is 1. The van der Waals surface area contributed by atoms with Crippen molar-refractivity contribution in [1.82, 2.24) is 19.7 Å². The number of likely N-dealkylation sites (tertiary alicyclic amines) is 1. The molecule has 0 unspecified atom stereocenters. The predicted molar refractivity (Wildman–Crippen MR) is 84.8 cm³/mol. The van der Waals surface area contributed by atoms with Gasteiger partial charge in [0.1, 0.15) is 12.1 Å². The molecule has 8 heteroatoms. The van der Waals surface area contributed by atoms with Gasteiger partial charge < -0.3 is 15.0 Å². The van der Waals surface area contributed by atoms with Gasteiger partial charge in [0.05, 0.1) is 0 Å². The van der Waals surface area contributed by atoms with Crippen LogP contribution in [0.3, 0.4) is 0 Å². The average Bonchev–Trinajstić information content (AvgIpc) is 3.02. The molecule has 1 atom stereocenters. The fourth-order valence-corrected chi connectivity index (χ4v) is 3.11. The molecule has 2 N–H and O–H groups in total. The van der Waals surface area contributed by atoms with E-state index in [4.69, 9.17) is 5.11 Å². The van der Waals surface area contributed by atoms with Crippen molar-refractivity contribution < 1.29 is 14.7 Å². The van der Waals surface area contributed by atoms with Crippen molar-refractivity contribution in [2.75, 3.05) is 13.1 Å². The van der Waals surface area contributed by atoms with E-state index < -0.39 is 11.5 Å². The summed E-state index contributed by atoms with van der Waals surface area (Å²) in [5, 5.41) is 13.0. The molecule has 0 aromatic carbocycles. The molecule has 2 aromatic heterocycles. The minimum Gasteiger partial charge on any atom is -0.480 e. The van der Waals surface area contributed by atoms with Gasteiger partial charge in [0.2, 0.25) is 0 Å². The Morgan fingerprint density at radius 2 is 2.21 bits per heavy atom. The van der Waals surface area contributed by atoms with Crippen molar-refractivity contribution in [3.05, 3.63) is 52.2 Å². The minimum atomic E-state index is -0.959. The summed E-state index contributed by atoms with van der Waals surface area (Å²) in [5.41, 5.74) is 0.523. The number of aliphatic carboxylic acids is 1. The number of hydrogen-bond acceptors (Lipinski definition) is 4. The van der Waals surface area contributed by atoms with Gasteiger partial charge in [0, 0.05) is 37.1 Å². The summed E-state index contributed by atoms with van der Waals surface area (Å²) >= 11 is 0. The largest absolute Gasteiger partial charge is 0.480 e. The van der Waals surface area contributed by atoms with Crippen molar-refractivity contribution in [2.24, 2.45) is 0 Å². The lowest BCUT2D eigenvalue weighted by Gasteiger charge is -2.32. The van der Waals surface area contributed by atoms with Gasteiger partial charge in [0.25, 0.3) is 11.5 Å². The van der Waals surface area contributed by atoms with E-state index in [9.17, 15) is 14.4 Å². The Bertz CT molecular complexity index is 810. The number of carbonyl (C=O) groups is 2. The lowest BCUT2D eigenvalue weighted by atomic mass is 9.94. The van der Waals surface area contributed by atoms with Gasteiger partial charge >= 0.3 is 5.97 Å². The lowest BCUT2D eigenvalue weighted by molar-refractivity contribution is -0.137. The van der Waals surface area contributed by atoms with Gasteiger partial charge in [-0.2, -0.15) is 5.10 Å². The van der Waals surface area contributed by atoms with Crippen molar-refractivity contribution in [3.8, 4) is 0 Å². The molecule has 3 rings (SSSR count). The third-order valence-corrected chi connectivity index (χ3v) is 4.21. The summed E-state index contributed by atoms with van der Waals surface area (Å²) in [6.07, 6.45) is 4.70. The summed E-state index contributed by atoms with van der Waals surface area (Å²) in [7, 11) is 0. The second kappa shape index (κ2) is 6.69. The molecule has 0 bridgehead atoms. The van der Waals surface area contributed by atoms with E-state index in [1.165, 1.54) is 16.9 Å². The van der Waals surface area contributed by atoms with Crippen molar-refractivity contribution in [2.45, 2.75) is 25.3 Å². The molecule has 1 fully saturated rings. The maximum absolute atomic E-state index is 12.6. The Kier molecular flexibility index (Phi) is 4.45. The highest BCUT2D eigenvalue weighted by molar-refractivity contribution is 5.93. The predicted octanol–water partition coefficient (Wildman–Crippen LogP) is 0.676. The van der Waals surface area contributed by atoms with Crippen molar-refractivity contribution in [1.29, 1.82) is 0 Å². The summed E-state index contributed by atoms with van der Waals surface area (Å²) in [5.74, 6) is -1.25. The van der Waals surface area contributed by atoms with Crippen LogP contribution >= 0.6 is 0 Å². The smallest absolute Gasteiger partial charge is 0.325 e. The highest BCUT2D eigenvalue weighted by Gasteiger charge is 2.28. The number of aromatic nitrogens is 3. The fraction of sp³-hybridized carbons (Fsp3) is 0.375. The van der Waals surface area contributed by atoms with E-state index in [1.807, 2.05) is 0 Å². The van der Waals surface area contributed by atoms with E-state index >= 15 is 0 Å². The summed E-state index contributed by atoms with van der Waals surface area (Å²) in [4.78, 5) is 39.5. The first-order chi connectivity index (χ1) is 11.6. The standard InChI is InChI=1S/C16H18N4O4/c21-14(22)10-20-13(5-7-18-20)11-3-2-8-19(9-11)16(24)12-4-1-6-17-15(12)23/h1,4-7,11H,2-3,8-10H2,(H,17,23)(H,21,22)/t11-/m0/s1. The van der Waals surface area contributed by atoms with Crippen LogP contribution in [0.25, 0.3) is 0 Å². The molecule has 1 saturated heterocycles. The van der Waals surface area contributed by atoms with Crippen LogP contribution in [0.1, 0.15) is 34.8 Å². The fourth-order valence-electron chi connectivity index (χ4n) is 3.11. The average molecular weight is 330 g/mol. The van der Waals surface area contributed by atoms with Gasteiger partial charge in [-0.15, -0.1) is 0 Å². The number of pyridine rings is 1. The molecular formula is C16H18N4O4. The Morgan fingerprint density at radius 3 is 2.96 bits per heavy atom. The molecule has 126 valence electrons. The topological polar surface area (TPSA) is 108 Å². The molecule has 0 spiro atoms. The number of H-pyrrole nitrogens is 1. The number of hydrogen-bond donors (Lipinski definition) is 2. The van der Waals surface area contributed by atoms with E-state index in [2.05, 4.69) is 10.1 Å². The number of amides is 1. The van der Waals surface area contributed by atoms with E-state index in [0.717, 1.165) is 18.5 Å². The van der Waals surface area contributed by atoms with E-state index in [0.29, 0.717) is 13.1 Å². The molecule has 0 saturated carbocycles. The van der Waals surface area contributed by atoms with Crippen LogP contribution in [0.15, 0.2) is 35.4 Å². The first-order valence-corrected chi connectivity index (χ1v) is 7.76. The van der Waals surface area contributed by atoms with Gasteiger partial charge in [-0.25, -0.2) is 0 Å². The van der Waals surface area contributed by atoms with Gasteiger partial charge in [-0.05, 0) is 31.0 Å².